The van der Waals surface area contributed by atoms with E-state index in [1.807, 2.05) is 6.26 Å². The third-order valence-corrected chi connectivity index (χ3v) is 4.31. The van der Waals surface area contributed by atoms with E-state index in [0.717, 1.165) is 13.0 Å². The van der Waals surface area contributed by atoms with Crippen molar-refractivity contribution < 1.29 is 4.42 Å². The lowest BCUT2D eigenvalue weighted by Crippen LogP contribution is -2.46. The Bertz CT molecular complexity index is 312. The molecule has 0 aromatic carbocycles. The van der Waals surface area contributed by atoms with Crippen molar-refractivity contribution in [3.63, 3.8) is 0 Å². The molecule has 0 radical (unpaired) electrons. The van der Waals surface area contributed by atoms with Crippen LogP contribution in [0.2, 0.25) is 0 Å². The van der Waals surface area contributed by atoms with Gasteiger partial charge in [-0.3, -0.25) is 0 Å². The Morgan fingerprint density at radius 2 is 2.12 bits per heavy atom. The summed E-state index contributed by atoms with van der Waals surface area (Å²) >= 11 is 0. The van der Waals surface area contributed by atoms with Gasteiger partial charge in [0.2, 0.25) is 0 Å². The molecule has 2 rings (SSSR count). The first kappa shape index (κ1) is 12.7. The van der Waals surface area contributed by atoms with Crippen molar-refractivity contribution >= 4 is 0 Å². The highest BCUT2D eigenvalue weighted by molar-refractivity contribution is 5.09. The highest BCUT2D eigenvalue weighted by Crippen LogP contribution is 2.39. The number of nitrogens with one attached hydrogen (secondary N) is 1. The first-order valence-electron chi connectivity index (χ1n) is 6.99. The highest BCUT2D eigenvalue weighted by Gasteiger charge is 2.34. The smallest absolute Gasteiger partial charge is 0.0935 e. The molecule has 1 aromatic rings. The number of furan rings is 1. The summed E-state index contributed by atoms with van der Waals surface area (Å²) in [7, 11) is 0. The van der Waals surface area contributed by atoms with Crippen molar-refractivity contribution in [1.82, 2.24) is 5.32 Å². The Balaban J connectivity index is 2.04. The second-order valence-corrected chi connectivity index (χ2v) is 5.66. The van der Waals surface area contributed by atoms with Gasteiger partial charge in [0.15, 0.2) is 0 Å². The zero-order valence-electron chi connectivity index (χ0n) is 11.2. The van der Waals surface area contributed by atoms with Crippen molar-refractivity contribution in [1.29, 1.82) is 0 Å². The van der Waals surface area contributed by atoms with E-state index in [9.17, 15) is 0 Å². The van der Waals surface area contributed by atoms with Crippen molar-refractivity contribution in [3.05, 3.63) is 24.2 Å². The van der Waals surface area contributed by atoms with Crippen LogP contribution in [0.3, 0.4) is 0 Å². The van der Waals surface area contributed by atoms with Gasteiger partial charge >= 0.3 is 0 Å². The van der Waals surface area contributed by atoms with Crippen LogP contribution >= 0.6 is 0 Å². The Kier molecular flexibility index (Phi) is 4.27. The lowest BCUT2D eigenvalue weighted by atomic mass is 9.69. The molecule has 1 aliphatic rings. The Hall–Kier alpha value is -0.760. The maximum absolute atomic E-state index is 5.19. The van der Waals surface area contributed by atoms with Gasteiger partial charge < -0.3 is 9.73 Å². The summed E-state index contributed by atoms with van der Waals surface area (Å²) in [5.41, 5.74) is 1.79. The summed E-state index contributed by atoms with van der Waals surface area (Å²) < 4.78 is 5.19. The molecular formula is C15H25NO. The third kappa shape index (κ3) is 3.12. The van der Waals surface area contributed by atoms with Crippen LogP contribution in [0.15, 0.2) is 23.0 Å². The molecule has 1 saturated carbocycles. The lowest BCUT2D eigenvalue weighted by Gasteiger charge is -2.41. The van der Waals surface area contributed by atoms with Gasteiger partial charge in [-0.25, -0.2) is 0 Å². The van der Waals surface area contributed by atoms with Crippen LogP contribution in [0.4, 0.5) is 0 Å². The molecule has 1 unspecified atom stereocenters. The highest BCUT2D eigenvalue weighted by atomic mass is 16.3. The van der Waals surface area contributed by atoms with E-state index in [1.54, 1.807) is 6.26 Å². The maximum Gasteiger partial charge on any atom is 0.0935 e. The van der Waals surface area contributed by atoms with E-state index in [2.05, 4.69) is 25.2 Å². The van der Waals surface area contributed by atoms with Gasteiger partial charge in [0.25, 0.3) is 0 Å². The van der Waals surface area contributed by atoms with Gasteiger partial charge in [-0.1, -0.05) is 33.1 Å². The largest absolute Gasteiger partial charge is 0.472 e. The Morgan fingerprint density at radius 1 is 1.35 bits per heavy atom. The van der Waals surface area contributed by atoms with E-state index in [0.29, 0.717) is 11.5 Å². The summed E-state index contributed by atoms with van der Waals surface area (Å²) in [6.07, 6.45) is 11.7. The lowest BCUT2D eigenvalue weighted by molar-refractivity contribution is 0.144. The summed E-state index contributed by atoms with van der Waals surface area (Å²) in [5, 5.41) is 3.69. The van der Waals surface area contributed by atoms with E-state index < -0.39 is 0 Å². The van der Waals surface area contributed by atoms with Crippen molar-refractivity contribution in [2.75, 3.05) is 6.54 Å². The van der Waals surface area contributed by atoms with Crippen molar-refractivity contribution in [2.24, 2.45) is 5.41 Å². The molecule has 2 nitrogen and oxygen atoms in total. The minimum atomic E-state index is 0.464. The third-order valence-electron chi connectivity index (χ3n) is 4.31. The summed E-state index contributed by atoms with van der Waals surface area (Å²) in [6, 6.07) is 2.68. The van der Waals surface area contributed by atoms with E-state index in [-0.39, 0.29) is 0 Å². The van der Waals surface area contributed by atoms with Gasteiger partial charge in [-0.15, -0.1) is 0 Å². The predicted octanol–water partition coefficient (Wildman–Crippen LogP) is 3.77. The van der Waals surface area contributed by atoms with Crippen LogP contribution in [-0.2, 0) is 6.42 Å². The maximum atomic E-state index is 5.19. The Labute approximate surface area is 105 Å². The topological polar surface area (TPSA) is 25.2 Å². The predicted molar refractivity (Wildman–Crippen MR) is 71.1 cm³/mol. The monoisotopic (exact) mass is 235 g/mol. The zero-order valence-corrected chi connectivity index (χ0v) is 11.2. The van der Waals surface area contributed by atoms with E-state index in [1.165, 1.54) is 37.7 Å². The molecule has 2 heteroatoms. The molecule has 0 saturated heterocycles. The Morgan fingerprint density at radius 3 is 2.71 bits per heavy atom. The van der Waals surface area contributed by atoms with Gasteiger partial charge in [0.05, 0.1) is 12.5 Å². The SMILES string of the molecule is CCNC(Cc1ccoc1)C1(C)CCCCC1. The quantitative estimate of drug-likeness (QED) is 0.840. The fourth-order valence-corrected chi connectivity index (χ4v) is 3.16. The molecule has 1 N–H and O–H groups in total. The minimum Gasteiger partial charge on any atom is -0.472 e. The molecule has 1 aromatic heterocycles. The number of likely N-dealkylation sites (N-methyl/N-ethyl adjacent to an activating group) is 1. The molecule has 0 bridgehead atoms. The van der Waals surface area contributed by atoms with E-state index in [4.69, 9.17) is 4.42 Å². The minimum absolute atomic E-state index is 0.464. The fourth-order valence-electron chi connectivity index (χ4n) is 3.16. The fraction of sp³-hybridized carbons (Fsp3) is 0.733. The average molecular weight is 235 g/mol. The summed E-state index contributed by atoms with van der Waals surface area (Å²) in [5.74, 6) is 0. The average Bonchev–Trinajstić information content (AvgIpc) is 2.82. The molecule has 1 fully saturated rings. The van der Waals surface area contributed by atoms with Gasteiger partial charge in [-0.2, -0.15) is 0 Å². The normalized spacial score (nSPS) is 21.3. The van der Waals surface area contributed by atoms with Crippen molar-refractivity contribution in [3.8, 4) is 0 Å². The summed E-state index contributed by atoms with van der Waals surface area (Å²) in [6.45, 7) is 5.71. The van der Waals surface area contributed by atoms with Gasteiger partial charge in [0.1, 0.15) is 0 Å². The zero-order chi connectivity index (χ0) is 12.1. The van der Waals surface area contributed by atoms with Gasteiger partial charge in [-0.05, 0) is 42.9 Å². The first-order valence-corrected chi connectivity index (χ1v) is 6.99. The van der Waals surface area contributed by atoms with Crippen LogP contribution < -0.4 is 5.32 Å². The summed E-state index contributed by atoms with van der Waals surface area (Å²) in [4.78, 5) is 0. The molecule has 17 heavy (non-hydrogen) atoms. The molecule has 0 amide bonds. The molecule has 1 aliphatic carbocycles. The van der Waals surface area contributed by atoms with Crippen molar-refractivity contribution in [2.45, 2.75) is 58.4 Å². The number of hydrogen-bond acceptors (Lipinski definition) is 2. The molecule has 1 atom stereocenters. The first-order chi connectivity index (χ1) is 8.24. The second-order valence-electron chi connectivity index (χ2n) is 5.66. The standard InChI is InChI=1S/C15H25NO/c1-3-16-14(11-13-7-10-17-12-13)15(2)8-5-4-6-9-15/h7,10,12,14,16H,3-6,8-9,11H2,1-2H3. The van der Waals surface area contributed by atoms with Crippen LogP contribution in [0.5, 0.6) is 0 Å². The second kappa shape index (κ2) is 5.72. The molecule has 0 spiro atoms. The van der Waals surface area contributed by atoms with Crippen LogP contribution in [-0.4, -0.2) is 12.6 Å². The van der Waals surface area contributed by atoms with Crippen LogP contribution in [0, 0.1) is 5.41 Å². The molecule has 0 aliphatic heterocycles. The van der Waals surface area contributed by atoms with Gasteiger partial charge in [0, 0.05) is 6.04 Å². The molecular weight excluding hydrogens is 210 g/mol. The number of rotatable bonds is 5. The molecule has 1 heterocycles. The van der Waals surface area contributed by atoms with E-state index >= 15 is 0 Å². The molecule has 96 valence electrons. The van der Waals surface area contributed by atoms with Crippen LogP contribution in [0.1, 0.15) is 51.5 Å². The number of hydrogen-bond donors (Lipinski definition) is 1. The van der Waals surface area contributed by atoms with Crippen LogP contribution in [0.25, 0.3) is 0 Å².